The highest BCUT2D eigenvalue weighted by molar-refractivity contribution is 6.42. The van der Waals surface area contributed by atoms with Crippen molar-refractivity contribution < 1.29 is 19.4 Å². The van der Waals surface area contributed by atoms with Gasteiger partial charge in [0.15, 0.2) is 12.2 Å². The van der Waals surface area contributed by atoms with Crippen molar-refractivity contribution in [1.29, 1.82) is 0 Å². The van der Waals surface area contributed by atoms with Crippen LogP contribution in [0, 0.1) is 0 Å². The Morgan fingerprint density at radius 2 is 1.92 bits per heavy atom. The number of hydrogen-bond donors (Lipinski definition) is 1. The van der Waals surface area contributed by atoms with Crippen molar-refractivity contribution in [2.75, 3.05) is 13.2 Å². The van der Waals surface area contributed by atoms with Gasteiger partial charge in [-0.25, -0.2) is 4.79 Å². The summed E-state index contributed by atoms with van der Waals surface area (Å²) in [5.41, 5.74) is -0.505. The predicted molar refractivity (Wildman–Crippen MR) is 94.5 cm³/mol. The Morgan fingerprint density at radius 3 is 2.60 bits per heavy atom. The van der Waals surface area contributed by atoms with Crippen molar-refractivity contribution in [2.45, 2.75) is 50.2 Å². The summed E-state index contributed by atoms with van der Waals surface area (Å²) < 4.78 is 5.10. The lowest BCUT2D eigenvalue weighted by Crippen LogP contribution is -2.40. The van der Waals surface area contributed by atoms with Gasteiger partial charge in [-0.05, 0) is 56.2 Å². The van der Waals surface area contributed by atoms with Crippen LogP contribution in [0.2, 0.25) is 10.0 Å². The molecule has 1 N–H and O–H groups in total. The van der Waals surface area contributed by atoms with Crippen molar-refractivity contribution in [2.24, 2.45) is 0 Å². The van der Waals surface area contributed by atoms with Crippen molar-refractivity contribution in [3.05, 3.63) is 33.8 Å². The predicted octanol–water partition coefficient (Wildman–Crippen LogP) is 3.51. The average Bonchev–Trinajstić information content (AvgIpc) is 3.24. The van der Waals surface area contributed by atoms with Crippen LogP contribution in [0.25, 0.3) is 0 Å². The van der Waals surface area contributed by atoms with Gasteiger partial charge in [0.1, 0.15) is 0 Å². The van der Waals surface area contributed by atoms with E-state index in [1.807, 2.05) is 6.07 Å². The lowest BCUT2D eigenvalue weighted by molar-refractivity contribution is -0.168. The number of amides is 1. The van der Waals surface area contributed by atoms with Crippen molar-refractivity contribution >= 4 is 35.1 Å². The quantitative estimate of drug-likeness (QED) is 0.805. The summed E-state index contributed by atoms with van der Waals surface area (Å²) in [5.74, 6) is -0.952. The smallest absolute Gasteiger partial charge is 0.338 e. The van der Waals surface area contributed by atoms with Gasteiger partial charge in [0.25, 0.3) is 5.91 Å². The molecule has 0 unspecified atom stereocenters. The van der Waals surface area contributed by atoms with Gasteiger partial charge in [-0.2, -0.15) is 0 Å². The average molecular weight is 386 g/mol. The molecule has 1 atom stereocenters. The standard InChI is InChI=1S/C18H21Cl2NO4/c19-13-6-5-12(10-14(13)20)15-4-3-9-21(15)16(22)11-25-17(23)18(24)7-1-2-8-18/h5-6,10,15,24H,1-4,7-9,11H2/t15-/m0/s1. The molecule has 2 fully saturated rings. The molecule has 1 saturated heterocycles. The number of esters is 1. The zero-order valence-electron chi connectivity index (χ0n) is 13.8. The summed E-state index contributed by atoms with van der Waals surface area (Å²) in [7, 11) is 0. The summed E-state index contributed by atoms with van der Waals surface area (Å²) in [6, 6.07) is 5.25. The van der Waals surface area contributed by atoms with Crippen LogP contribution >= 0.6 is 23.2 Å². The van der Waals surface area contributed by atoms with E-state index in [1.54, 1.807) is 17.0 Å². The first-order valence-corrected chi connectivity index (χ1v) is 9.30. The number of carbonyl (C=O) groups is 2. The zero-order valence-corrected chi connectivity index (χ0v) is 15.4. The number of carbonyl (C=O) groups excluding carboxylic acids is 2. The zero-order chi connectivity index (χ0) is 18.0. The molecule has 0 radical (unpaired) electrons. The monoisotopic (exact) mass is 385 g/mol. The maximum Gasteiger partial charge on any atom is 0.338 e. The van der Waals surface area contributed by atoms with Crippen LogP contribution in [0.15, 0.2) is 18.2 Å². The minimum absolute atomic E-state index is 0.101. The van der Waals surface area contributed by atoms with Gasteiger partial charge in [-0.1, -0.05) is 29.3 Å². The number of benzene rings is 1. The Labute approximate surface area is 156 Å². The Balaban J connectivity index is 1.62. The number of aliphatic hydroxyl groups is 1. The number of halogens is 2. The molecule has 5 nitrogen and oxygen atoms in total. The van der Waals surface area contributed by atoms with E-state index in [1.165, 1.54) is 0 Å². The van der Waals surface area contributed by atoms with E-state index in [2.05, 4.69) is 0 Å². The van der Waals surface area contributed by atoms with Gasteiger partial charge in [0.2, 0.25) is 0 Å². The minimum atomic E-state index is -1.42. The normalized spacial score (nSPS) is 22.2. The van der Waals surface area contributed by atoms with Crippen molar-refractivity contribution in [3.8, 4) is 0 Å². The van der Waals surface area contributed by atoms with E-state index in [4.69, 9.17) is 27.9 Å². The Hall–Kier alpha value is -1.30. The van der Waals surface area contributed by atoms with E-state index < -0.39 is 11.6 Å². The van der Waals surface area contributed by atoms with Crippen molar-refractivity contribution in [3.63, 3.8) is 0 Å². The topological polar surface area (TPSA) is 66.8 Å². The van der Waals surface area contributed by atoms with Gasteiger partial charge < -0.3 is 14.7 Å². The summed E-state index contributed by atoms with van der Waals surface area (Å²) in [5, 5.41) is 11.1. The third-order valence-electron chi connectivity index (χ3n) is 5.04. The highest BCUT2D eigenvalue weighted by atomic mass is 35.5. The summed E-state index contributed by atoms with van der Waals surface area (Å²) in [6.07, 6.45) is 4.08. The fourth-order valence-corrected chi connectivity index (χ4v) is 3.95. The Morgan fingerprint density at radius 1 is 1.20 bits per heavy atom. The maximum atomic E-state index is 12.5. The van der Waals surface area contributed by atoms with Crippen LogP contribution < -0.4 is 0 Å². The molecule has 1 heterocycles. The number of likely N-dealkylation sites (tertiary alicyclic amines) is 1. The second-order valence-electron chi connectivity index (χ2n) is 6.73. The van der Waals surface area contributed by atoms with Gasteiger partial charge in [0, 0.05) is 6.54 Å². The highest BCUT2D eigenvalue weighted by Crippen LogP contribution is 2.35. The first-order chi connectivity index (χ1) is 11.9. The van der Waals surface area contributed by atoms with Gasteiger partial charge >= 0.3 is 5.97 Å². The molecule has 136 valence electrons. The lowest BCUT2D eigenvalue weighted by atomic mass is 10.0. The molecule has 1 amide bonds. The molecule has 25 heavy (non-hydrogen) atoms. The largest absolute Gasteiger partial charge is 0.453 e. The molecule has 1 aliphatic carbocycles. The SMILES string of the molecule is O=C(COC(=O)C1(O)CCCC1)N1CCC[C@H]1c1ccc(Cl)c(Cl)c1. The molecule has 2 aliphatic rings. The van der Waals surface area contributed by atoms with Crippen LogP contribution in [0.3, 0.4) is 0 Å². The van der Waals surface area contributed by atoms with Crippen LogP contribution in [0.5, 0.6) is 0 Å². The Bertz CT molecular complexity index is 673. The number of ether oxygens (including phenoxy) is 1. The second kappa shape index (κ2) is 7.52. The number of nitrogens with zero attached hydrogens (tertiary/aromatic N) is 1. The van der Waals surface area contributed by atoms with E-state index >= 15 is 0 Å². The van der Waals surface area contributed by atoms with Gasteiger partial charge in [0.05, 0.1) is 16.1 Å². The fourth-order valence-electron chi connectivity index (χ4n) is 3.64. The highest BCUT2D eigenvalue weighted by Gasteiger charge is 2.41. The molecule has 1 aliphatic heterocycles. The first kappa shape index (κ1) is 18.5. The van der Waals surface area contributed by atoms with Crippen molar-refractivity contribution in [1.82, 2.24) is 4.90 Å². The van der Waals surface area contributed by atoms with E-state index in [9.17, 15) is 14.7 Å². The molecular weight excluding hydrogens is 365 g/mol. The summed E-state index contributed by atoms with van der Waals surface area (Å²) in [6.45, 7) is 0.254. The van der Waals surface area contributed by atoms with Crippen LogP contribution in [0.1, 0.15) is 50.1 Å². The summed E-state index contributed by atoms with van der Waals surface area (Å²) in [4.78, 5) is 26.3. The molecule has 1 aromatic rings. The van der Waals surface area contributed by atoms with E-state index in [0.29, 0.717) is 29.4 Å². The number of hydrogen-bond acceptors (Lipinski definition) is 4. The van der Waals surface area contributed by atoms with Crippen LogP contribution in [-0.4, -0.2) is 40.6 Å². The minimum Gasteiger partial charge on any atom is -0.453 e. The lowest BCUT2D eigenvalue weighted by Gasteiger charge is -2.26. The van der Waals surface area contributed by atoms with E-state index in [-0.39, 0.29) is 18.6 Å². The first-order valence-electron chi connectivity index (χ1n) is 8.55. The molecule has 1 aromatic carbocycles. The molecule has 0 aromatic heterocycles. The Kier molecular flexibility index (Phi) is 5.56. The molecule has 0 bridgehead atoms. The maximum absolute atomic E-state index is 12.5. The fraction of sp³-hybridized carbons (Fsp3) is 0.556. The van der Waals surface area contributed by atoms with Gasteiger partial charge in [-0.15, -0.1) is 0 Å². The molecule has 1 saturated carbocycles. The molecule has 7 heteroatoms. The van der Waals surface area contributed by atoms with Crippen LogP contribution in [-0.2, 0) is 14.3 Å². The summed E-state index contributed by atoms with van der Waals surface area (Å²) >= 11 is 12.0. The number of rotatable bonds is 4. The second-order valence-corrected chi connectivity index (χ2v) is 7.55. The van der Waals surface area contributed by atoms with E-state index in [0.717, 1.165) is 31.2 Å². The third kappa shape index (κ3) is 3.94. The molecule has 3 rings (SSSR count). The molecule has 0 spiro atoms. The van der Waals surface area contributed by atoms with Gasteiger partial charge in [-0.3, -0.25) is 4.79 Å². The molecular formula is C18H21Cl2NO4. The van der Waals surface area contributed by atoms with Crippen LogP contribution in [0.4, 0.5) is 0 Å². The third-order valence-corrected chi connectivity index (χ3v) is 5.78.